The fourth-order valence-corrected chi connectivity index (χ4v) is 4.36. The fraction of sp³-hybridized carbons (Fsp3) is 0.222. The Morgan fingerprint density at radius 3 is 2.61 bits per heavy atom. The van der Waals surface area contributed by atoms with Crippen molar-refractivity contribution in [2.75, 3.05) is 18.5 Å². The molecule has 3 aromatic carbocycles. The molecule has 1 aromatic heterocycles. The van der Waals surface area contributed by atoms with Crippen LogP contribution in [0.1, 0.15) is 42.0 Å². The molecular weight excluding hydrogens is 473 g/mol. The molecule has 7 nitrogen and oxygen atoms in total. The molecule has 36 heavy (non-hydrogen) atoms. The Bertz CT molecular complexity index is 1430. The minimum atomic E-state index is -0.530. The van der Waals surface area contributed by atoms with Crippen molar-refractivity contribution in [3.05, 3.63) is 99.6 Å². The lowest BCUT2D eigenvalue weighted by Crippen LogP contribution is -2.41. The highest BCUT2D eigenvalue weighted by molar-refractivity contribution is 6.32. The molecule has 1 amide bonds. The topological polar surface area (TPSA) is 93.2 Å². The van der Waals surface area contributed by atoms with Gasteiger partial charge in [0.25, 0.3) is 11.5 Å². The summed E-state index contributed by atoms with van der Waals surface area (Å²) in [5, 5.41) is 0.884. The minimum Gasteiger partial charge on any atom is -0.330 e. The molecule has 1 heterocycles. The number of benzene rings is 3. The van der Waals surface area contributed by atoms with Gasteiger partial charge >= 0.3 is 0 Å². The Balaban J connectivity index is 1.90. The van der Waals surface area contributed by atoms with Gasteiger partial charge in [-0.15, -0.1) is 0 Å². The van der Waals surface area contributed by atoms with Crippen molar-refractivity contribution < 1.29 is 4.79 Å². The summed E-state index contributed by atoms with van der Waals surface area (Å²) in [4.78, 5) is 34.0. The van der Waals surface area contributed by atoms with Gasteiger partial charge in [0.1, 0.15) is 7.85 Å². The number of amides is 1. The third-order valence-corrected chi connectivity index (χ3v) is 6.17. The van der Waals surface area contributed by atoms with Crippen molar-refractivity contribution in [2.45, 2.75) is 25.8 Å². The lowest BCUT2D eigenvalue weighted by Gasteiger charge is -2.32. The Hall–Kier alpha value is -3.62. The lowest BCUT2D eigenvalue weighted by atomic mass is 9.94. The van der Waals surface area contributed by atoms with Crippen LogP contribution in [0.15, 0.2) is 77.6 Å². The van der Waals surface area contributed by atoms with Crippen LogP contribution in [-0.4, -0.2) is 41.4 Å². The van der Waals surface area contributed by atoms with Gasteiger partial charge in [-0.1, -0.05) is 60.4 Å². The third-order valence-electron chi connectivity index (χ3n) is 5.93. The molecule has 4 rings (SSSR count). The minimum absolute atomic E-state index is 0.214. The van der Waals surface area contributed by atoms with Gasteiger partial charge in [0.2, 0.25) is 0 Å². The van der Waals surface area contributed by atoms with Crippen LogP contribution in [0.4, 0.5) is 5.69 Å². The van der Waals surface area contributed by atoms with Crippen molar-refractivity contribution >= 4 is 47.4 Å². The number of aromatic nitrogens is 2. The van der Waals surface area contributed by atoms with Crippen molar-refractivity contribution in [2.24, 2.45) is 5.73 Å². The first-order valence-electron chi connectivity index (χ1n) is 11.8. The third kappa shape index (κ3) is 5.45. The highest BCUT2D eigenvalue weighted by Crippen LogP contribution is 2.27. The molecule has 0 aliphatic carbocycles. The summed E-state index contributed by atoms with van der Waals surface area (Å²) in [6.07, 6.45) is 1.09. The van der Waals surface area contributed by atoms with Crippen molar-refractivity contribution in [1.82, 2.24) is 14.6 Å². The summed E-state index contributed by atoms with van der Waals surface area (Å²) < 4.78 is 1.42. The number of hydrogen-bond donors (Lipinski definition) is 2. The van der Waals surface area contributed by atoms with Gasteiger partial charge in [-0.25, -0.2) is 9.66 Å². The van der Waals surface area contributed by atoms with E-state index in [4.69, 9.17) is 30.2 Å². The van der Waals surface area contributed by atoms with Crippen LogP contribution in [-0.2, 0) is 0 Å². The molecule has 0 bridgehead atoms. The second-order valence-electron chi connectivity index (χ2n) is 8.44. The molecule has 9 heteroatoms. The zero-order valence-corrected chi connectivity index (χ0v) is 20.8. The summed E-state index contributed by atoms with van der Waals surface area (Å²) in [6.45, 7) is 2.75. The number of rotatable bonds is 9. The Morgan fingerprint density at radius 1 is 1.14 bits per heavy atom. The number of para-hydroxylation sites is 1. The predicted molar refractivity (Wildman–Crippen MR) is 146 cm³/mol. The smallest absolute Gasteiger partial charge is 0.280 e. The van der Waals surface area contributed by atoms with Crippen LogP contribution >= 0.6 is 11.6 Å². The van der Waals surface area contributed by atoms with E-state index in [1.165, 1.54) is 4.68 Å². The van der Waals surface area contributed by atoms with E-state index in [1.807, 2.05) is 37.3 Å². The summed E-state index contributed by atoms with van der Waals surface area (Å²) >= 11 is 6.23. The van der Waals surface area contributed by atoms with Crippen LogP contribution in [0, 0.1) is 0 Å². The molecule has 1 unspecified atom stereocenters. The average Bonchev–Trinajstić information content (AvgIpc) is 2.88. The van der Waals surface area contributed by atoms with E-state index in [-0.39, 0.29) is 11.5 Å². The van der Waals surface area contributed by atoms with Gasteiger partial charge in [-0.3, -0.25) is 15.0 Å². The zero-order chi connectivity index (χ0) is 25.7. The summed E-state index contributed by atoms with van der Waals surface area (Å²) in [7, 11) is 5.95. The number of nitrogens with one attached hydrogen (secondary N) is 1. The second-order valence-corrected chi connectivity index (χ2v) is 8.88. The normalized spacial score (nSPS) is 11.9. The highest BCUT2D eigenvalue weighted by Gasteiger charge is 2.29. The van der Waals surface area contributed by atoms with Gasteiger partial charge in [0.05, 0.1) is 22.6 Å². The number of nitrogens with zero attached hydrogens (tertiary/aromatic N) is 3. The van der Waals surface area contributed by atoms with Crippen LogP contribution < -0.4 is 22.2 Å². The summed E-state index contributed by atoms with van der Waals surface area (Å²) in [5.74, 6) is 0.185. The van der Waals surface area contributed by atoms with E-state index >= 15 is 0 Å². The van der Waals surface area contributed by atoms with Crippen molar-refractivity contribution in [1.29, 1.82) is 0 Å². The Kier molecular flexibility index (Phi) is 8.08. The van der Waals surface area contributed by atoms with E-state index in [0.717, 1.165) is 0 Å². The largest absolute Gasteiger partial charge is 0.330 e. The number of hydrogen-bond acceptors (Lipinski definition) is 5. The molecular formula is C27H27BClN5O2. The number of anilines is 1. The standard InChI is InChI=1S/C27H27BClN5O2/c1-2-24(33(15-7-14-30)26(35)18-8-6-9-19(28)16-18)25-31-23-17-20(29)12-13-22(23)27(36)34(25)32-21-10-4-3-5-11-21/h3-6,8-13,16-17,24,32H,2,7,14-15,30H2,1H3. The van der Waals surface area contributed by atoms with Gasteiger partial charge in [-0.2, -0.15) is 0 Å². The molecule has 4 aromatic rings. The first-order valence-corrected chi connectivity index (χ1v) is 12.2. The van der Waals surface area contributed by atoms with E-state index in [1.54, 1.807) is 47.4 Å². The highest BCUT2D eigenvalue weighted by atomic mass is 35.5. The molecule has 1 atom stereocenters. The first kappa shape index (κ1) is 25.5. The molecule has 0 aliphatic heterocycles. The lowest BCUT2D eigenvalue weighted by molar-refractivity contribution is 0.0657. The quantitative estimate of drug-likeness (QED) is 0.343. The van der Waals surface area contributed by atoms with Gasteiger partial charge < -0.3 is 10.6 Å². The van der Waals surface area contributed by atoms with Gasteiger partial charge in [0.15, 0.2) is 5.82 Å². The predicted octanol–water partition coefficient (Wildman–Crippen LogP) is 3.66. The molecule has 0 fully saturated rings. The number of halogens is 1. The monoisotopic (exact) mass is 499 g/mol. The Labute approximate surface area is 216 Å². The van der Waals surface area contributed by atoms with Crippen LogP contribution in [0.5, 0.6) is 0 Å². The number of nitrogens with two attached hydrogens (primary N) is 1. The maximum Gasteiger partial charge on any atom is 0.280 e. The molecule has 0 aliphatic rings. The summed E-state index contributed by atoms with van der Waals surface area (Å²) in [6, 6.07) is 20.6. The van der Waals surface area contributed by atoms with Crippen molar-refractivity contribution in [3.63, 3.8) is 0 Å². The molecule has 182 valence electrons. The zero-order valence-electron chi connectivity index (χ0n) is 20.0. The number of carbonyl (C=O) groups is 1. The second kappa shape index (κ2) is 11.4. The maximum atomic E-state index is 13.7. The number of fused-ring (bicyclic) bond motifs is 1. The van der Waals surface area contributed by atoms with Crippen LogP contribution in [0.25, 0.3) is 10.9 Å². The Morgan fingerprint density at radius 2 is 1.92 bits per heavy atom. The molecule has 0 saturated heterocycles. The van der Waals surface area contributed by atoms with Gasteiger partial charge in [-0.05, 0) is 55.8 Å². The maximum absolute atomic E-state index is 13.7. The molecule has 2 radical (unpaired) electrons. The van der Waals surface area contributed by atoms with Gasteiger partial charge in [0, 0.05) is 17.1 Å². The first-order chi connectivity index (χ1) is 17.4. The van der Waals surface area contributed by atoms with E-state index in [0.29, 0.717) is 64.4 Å². The van der Waals surface area contributed by atoms with E-state index in [9.17, 15) is 9.59 Å². The SMILES string of the molecule is [B]c1cccc(C(=O)N(CCCN)C(CC)c2nc3cc(Cl)ccc3c(=O)n2Nc2ccccc2)c1. The average molecular weight is 500 g/mol. The fourth-order valence-electron chi connectivity index (χ4n) is 4.19. The number of carbonyl (C=O) groups excluding carboxylic acids is 1. The van der Waals surface area contributed by atoms with E-state index in [2.05, 4.69) is 5.43 Å². The molecule has 3 N–H and O–H groups in total. The summed E-state index contributed by atoms with van der Waals surface area (Å²) in [5.41, 5.74) is 10.8. The van der Waals surface area contributed by atoms with E-state index < -0.39 is 6.04 Å². The molecule has 0 saturated carbocycles. The van der Waals surface area contributed by atoms with Crippen LogP contribution in [0.2, 0.25) is 5.02 Å². The molecule has 0 spiro atoms. The van der Waals surface area contributed by atoms with Crippen molar-refractivity contribution in [3.8, 4) is 0 Å². The van der Waals surface area contributed by atoms with Crippen LogP contribution in [0.3, 0.4) is 0 Å².